The fourth-order valence-electron chi connectivity index (χ4n) is 7.85. The summed E-state index contributed by atoms with van der Waals surface area (Å²) >= 11 is 0. The Labute approximate surface area is 318 Å². The van der Waals surface area contributed by atoms with Gasteiger partial charge in [0.1, 0.15) is 0 Å². The number of nitrogens with zero attached hydrogens (tertiary/aromatic N) is 4. The van der Waals surface area contributed by atoms with Gasteiger partial charge in [0, 0.05) is 61.4 Å². The van der Waals surface area contributed by atoms with E-state index in [1.807, 2.05) is 36.7 Å². The zero-order valence-corrected chi connectivity index (χ0v) is 32.2. The number of methoxy groups -OCH3 is 6. The molecule has 1 aliphatic heterocycles. The zero-order chi connectivity index (χ0) is 37.6. The molecule has 54 heavy (non-hydrogen) atoms. The standard InChI is InChI=1S/C44H50N4O6/c1-49-39-21-33(22-40(50-2)43(39)53-5)37-14-10-29(25-45-37)27-47-18-16-35(17-19-47)48(36-13-12-31-8-7-9-32(31)20-36)28-30-11-15-38(46-26-30)34-23-41(51-3)44(54-6)42(24-34)52-4/h10-15,20-26,35H,7-9,16-19,27-28H2,1-6H3. The van der Waals surface area contributed by atoms with Gasteiger partial charge in [-0.1, -0.05) is 18.2 Å². The van der Waals surface area contributed by atoms with Gasteiger partial charge in [-0.25, -0.2) is 0 Å². The molecule has 1 aliphatic carbocycles. The van der Waals surface area contributed by atoms with Gasteiger partial charge >= 0.3 is 0 Å². The lowest BCUT2D eigenvalue weighted by atomic mass is 9.99. The summed E-state index contributed by atoms with van der Waals surface area (Å²) in [6, 6.07) is 23.8. The van der Waals surface area contributed by atoms with Crippen LogP contribution in [0.1, 0.15) is 41.5 Å². The van der Waals surface area contributed by atoms with E-state index in [0.29, 0.717) is 40.5 Å². The summed E-state index contributed by atoms with van der Waals surface area (Å²) in [7, 11) is 9.73. The molecule has 0 saturated carbocycles. The Morgan fingerprint density at radius 1 is 0.593 bits per heavy atom. The van der Waals surface area contributed by atoms with Gasteiger partial charge in [0.25, 0.3) is 0 Å². The number of fused-ring (bicyclic) bond motifs is 1. The molecule has 10 nitrogen and oxygen atoms in total. The Hall–Kier alpha value is -5.48. The summed E-state index contributed by atoms with van der Waals surface area (Å²) < 4.78 is 33.3. The van der Waals surface area contributed by atoms with E-state index < -0.39 is 0 Å². The maximum Gasteiger partial charge on any atom is 0.203 e. The predicted octanol–water partition coefficient (Wildman–Crippen LogP) is 8.02. The van der Waals surface area contributed by atoms with Crippen molar-refractivity contribution in [3.05, 3.63) is 101 Å². The second kappa shape index (κ2) is 16.7. The number of hydrogen-bond acceptors (Lipinski definition) is 10. The summed E-state index contributed by atoms with van der Waals surface area (Å²) in [6.07, 6.45) is 9.71. The van der Waals surface area contributed by atoms with Gasteiger partial charge in [0.15, 0.2) is 23.0 Å². The van der Waals surface area contributed by atoms with E-state index in [4.69, 9.17) is 38.4 Å². The molecule has 0 unspecified atom stereocenters. The molecule has 1 saturated heterocycles. The van der Waals surface area contributed by atoms with Crippen molar-refractivity contribution in [3.63, 3.8) is 0 Å². The molecule has 3 aromatic carbocycles. The second-order valence-electron chi connectivity index (χ2n) is 13.9. The Morgan fingerprint density at radius 2 is 1.11 bits per heavy atom. The van der Waals surface area contributed by atoms with Crippen LogP contribution in [0.3, 0.4) is 0 Å². The number of hydrogen-bond donors (Lipinski definition) is 0. The average molecular weight is 731 g/mol. The number of anilines is 1. The fourth-order valence-corrected chi connectivity index (χ4v) is 7.85. The minimum Gasteiger partial charge on any atom is -0.493 e. The average Bonchev–Trinajstić information content (AvgIpc) is 3.71. The molecule has 7 rings (SSSR count). The number of piperidine rings is 1. The topological polar surface area (TPSA) is 87.6 Å². The highest BCUT2D eigenvalue weighted by Crippen LogP contribution is 2.42. The van der Waals surface area contributed by atoms with E-state index in [1.165, 1.54) is 40.8 Å². The third kappa shape index (κ3) is 7.75. The highest BCUT2D eigenvalue weighted by Gasteiger charge is 2.27. The van der Waals surface area contributed by atoms with Gasteiger partial charge in [-0.2, -0.15) is 0 Å². The first-order valence-corrected chi connectivity index (χ1v) is 18.6. The summed E-state index contributed by atoms with van der Waals surface area (Å²) in [5.74, 6) is 3.57. The van der Waals surface area contributed by atoms with Crippen molar-refractivity contribution in [3.8, 4) is 57.0 Å². The van der Waals surface area contributed by atoms with E-state index in [1.54, 1.807) is 42.7 Å². The fraction of sp³-hybridized carbons (Fsp3) is 0.364. The molecule has 0 bridgehead atoms. The van der Waals surface area contributed by atoms with E-state index in [0.717, 1.165) is 68.0 Å². The first-order valence-electron chi connectivity index (χ1n) is 18.6. The molecule has 0 N–H and O–H groups in total. The van der Waals surface area contributed by atoms with Crippen molar-refractivity contribution >= 4 is 5.69 Å². The molecule has 0 radical (unpaired) electrons. The highest BCUT2D eigenvalue weighted by molar-refractivity contribution is 5.70. The van der Waals surface area contributed by atoms with Gasteiger partial charge in [0.2, 0.25) is 11.5 Å². The Bertz CT molecular complexity index is 1990. The number of benzene rings is 3. The normalized spacial score (nSPS) is 14.3. The molecule has 0 spiro atoms. The summed E-state index contributed by atoms with van der Waals surface area (Å²) in [4.78, 5) is 14.9. The molecule has 0 atom stereocenters. The molecular formula is C44H50N4O6. The highest BCUT2D eigenvalue weighted by atomic mass is 16.5. The number of aryl methyl sites for hydroxylation is 2. The van der Waals surface area contributed by atoms with Crippen molar-refractivity contribution < 1.29 is 28.4 Å². The van der Waals surface area contributed by atoms with E-state index in [2.05, 4.69) is 52.3 Å². The molecule has 282 valence electrons. The molecule has 10 heteroatoms. The lowest BCUT2D eigenvalue weighted by Gasteiger charge is -2.40. The molecule has 0 amide bonds. The number of likely N-dealkylation sites (tertiary alicyclic amines) is 1. The largest absolute Gasteiger partial charge is 0.493 e. The summed E-state index contributed by atoms with van der Waals surface area (Å²) in [6.45, 7) is 3.68. The lowest BCUT2D eigenvalue weighted by Crippen LogP contribution is -2.44. The lowest BCUT2D eigenvalue weighted by molar-refractivity contribution is 0.200. The molecule has 2 aromatic heterocycles. The zero-order valence-electron chi connectivity index (χ0n) is 32.2. The third-order valence-corrected chi connectivity index (χ3v) is 10.7. The van der Waals surface area contributed by atoms with Crippen LogP contribution in [-0.4, -0.2) is 76.7 Å². The second-order valence-corrected chi connectivity index (χ2v) is 13.9. The first-order chi connectivity index (χ1) is 26.4. The van der Waals surface area contributed by atoms with E-state index >= 15 is 0 Å². The quantitative estimate of drug-likeness (QED) is 0.112. The van der Waals surface area contributed by atoms with E-state index in [-0.39, 0.29) is 0 Å². The molecular weight excluding hydrogens is 681 g/mol. The number of aromatic nitrogens is 2. The van der Waals surface area contributed by atoms with Gasteiger partial charge in [-0.15, -0.1) is 0 Å². The van der Waals surface area contributed by atoms with E-state index in [9.17, 15) is 0 Å². The van der Waals surface area contributed by atoms with Crippen molar-refractivity contribution in [1.82, 2.24) is 14.9 Å². The van der Waals surface area contributed by atoms with Crippen molar-refractivity contribution in [2.45, 2.75) is 51.2 Å². The van der Waals surface area contributed by atoms with Crippen LogP contribution in [0.4, 0.5) is 5.69 Å². The van der Waals surface area contributed by atoms with Crippen LogP contribution in [0.5, 0.6) is 34.5 Å². The van der Waals surface area contributed by atoms with Gasteiger partial charge < -0.3 is 33.3 Å². The maximum absolute atomic E-state index is 5.59. The number of rotatable bonds is 14. The van der Waals surface area contributed by atoms with Crippen molar-refractivity contribution in [2.75, 3.05) is 60.6 Å². The molecule has 1 fully saturated rings. The predicted molar refractivity (Wildman–Crippen MR) is 212 cm³/mol. The van der Waals surface area contributed by atoms with Crippen LogP contribution in [0.15, 0.2) is 79.1 Å². The van der Waals surface area contributed by atoms with Gasteiger partial charge in [0.05, 0.1) is 54.0 Å². The summed E-state index contributed by atoms with van der Waals surface area (Å²) in [5.41, 5.74) is 10.2. The van der Waals surface area contributed by atoms with Crippen LogP contribution in [0.2, 0.25) is 0 Å². The minimum absolute atomic E-state index is 0.413. The molecule has 2 aliphatic rings. The molecule has 5 aromatic rings. The van der Waals surface area contributed by atoms with Gasteiger partial charge in [-0.3, -0.25) is 14.9 Å². The number of pyridine rings is 2. The Kier molecular flexibility index (Phi) is 11.4. The SMILES string of the molecule is COc1cc(-c2ccc(CN3CCC(N(Cc4ccc(-c5cc(OC)c(OC)c(OC)c5)nc4)c4ccc5c(c4)CCC5)CC3)cn2)cc(OC)c1OC. The monoisotopic (exact) mass is 730 g/mol. The summed E-state index contributed by atoms with van der Waals surface area (Å²) in [5, 5.41) is 0. The van der Waals surface area contributed by atoms with Crippen molar-refractivity contribution in [2.24, 2.45) is 0 Å². The molecule has 3 heterocycles. The van der Waals surface area contributed by atoms with Crippen molar-refractivity contribution in [1.29, 1.82) is 0 Å². The van der Waals surface area contributed by atoms with Crippen LogP contribution in [0.25, 0.3) is 22.5 Å². The number of ether oxygens (including phenoxy) is 6. The van der Waals surface area contributed by atoms with Crippen LogP contribution >= 0.6 is 0 Å². The first kappa shape index (κ1) is 36.9. The van der Waals surface area contributed by atoms with Crippen LogP contribution < -0.4 is 33.3 Å². The van der Waals surface area contributed by atoms with Crippen LogP contribution in [0, 0.1) is 0 Å². The Morgan fingerprint density at radius 3 is 1.59 bits per heavy atom. The van der Waals surface area contributed by atoms with Gasteiger partial charge in [-0.05, 0) is 103 Å². The third-order valence-electron chi connectivity index (χ3n) is 10.7. The Balaban J connectivity index is 1.05. The van der Waals surface area contributed by atoms with Crippen LogP contribution in [-0.2, 0) is 25.9 Å². The smallest absolute Gasteiger partial charge is 0.203 e. The minimum atomic E-state index is 0.413. The maximum atomic E-state index is 5.59.